The van der Waals surface area contributed by atoms with Gasteiger partial charge in [0.15, 0.2) is 0 Å². The Morgan fingerprint density at radius 1 is 1.11 bits per heavy atom. The van der Waals surface area contributed by atoms with Crippen molar-refractivity contribution in [1.29, 1.82) is 0 Å². The molecule has 0 heterocycles. The van der Waals surface area contributed by atoms with Crippen LogP contribution in [-0.4, -0.2) is 10.8 Å². The number of nitrogens with zero attached hydrogens (tertiary/aromatic N) is 1. The van der Waals surface area contributed by atoms with E-state index in [9.17, 15) is 14.9 Å². The molecular formula is C14H12N2O3. The molecule has 0 fully saturated rings. The van der Waals surface area contributed by atoms with Crippen molar-refractivity contribution in [3.8, 4) is 0 Å². The Balaban J connectivity index is 2.34. The van der Waals surface area contributed by atoms with Gasteiger partial charge in [-0.15, -0.1) is 0 Å². The Kier molecular flexibility index (Phi) is 3.56. The number of nitro groups is 1. The Bertz CT molecular complexity index is 624. The highest BCUT2D eigenvalue weighted by Gasteiger charge is 2.18. The van der Waals surface area contributed by atoms with Crippen LogP contribution in [0, 0.1) is 17.0 Å². The van der Waals surface area contributed by atoms with Crippen LogP contribution in [0.5, 0.6) is 0 Å². The van der Waals surface area contributed by atoms with Gasteiger partial charge in [-0.3, -0.25) is 14.9 Å². The highest BCUT2D eigenvalue weighted by atomic mass is 16.6. The van der Waals surface area contributed by atoms with E-state index in [1.807, 2.05) is 0 Å². The molecule has 2 aromatic carbocycles. The van der Waals surface area contributed by atoms with E-state index in [4.69, 9.17) is 0 Å². The number of benzene rings is 2. The van der Waals surface area contributed by atoms with Gasteiger partial charge >= 0.3 is 0 Å². The first kappa shape index (κ1) is 12.8. The monoisotopic (exact) mass is 256 g/mol. The van der Waals surface area contributed by atoms with E-state index in [2.05, 4.69) is 5.32 Å². The van der Waals surface area contributed by atoms with Gasteiger partial charge in [-0.05, 0) is 24.6 Å². The average Bonchev–Trinajstić information content (AvgIpc) is 2.41. The number of carbonyl (C=O) groups is 1. The van der Waals surface area contributed by atoms with Crippen LogP contribution in [0.3, 0.4) is 0 Å². The Morgan fingerprint density at radius 3 is 2.42 bits per heavy atom. The summed E-state index contributed by atoms with van der Waals surface area (Å²) in [5, 5.41) is 13.5. The number of amides is 1. The zero-order valence-electron chi connectivity index (χ0n) is 10.3. The van der Waals surface area contributed by atoms with E-state index in [0.717, 1.165) is 0 Å². The second-order valence-corrected chi connectivity index (χ2v) is 4.05. The molecule has 5 nitrogen and oxygen atoms in total. The van der Waals surface area contributed by atoms with E-state index in [-0.39, 0.29) is 17.3 Å². The third-order valence-electron chi connectivity index (χ3n) is 2.72. The molecule has 0 radical (unpaired) electrons. The highest BCUT2D eigenvalue weighted by Crippen LogP contribution is 2.27. The molecule has 0 aliphatic heterocycles. The molecule has 0 atom stereocenters. The van der Waals surface area contributed by atoms with Gasteiger partial charge in [0.2, 0.25) is 0 Å². The zero-order chi connectivity index (χ0) is 13.8. The summed E-state index contributed by atoms with van der Waals surface area (Å²) in [6.45, 7) is 1.72. The first-order valence-electron chi connectivity index (χ1n) is 5.70. The summed E-state index contributed by atoms with van der Waals surface area (Å²) >= 11 is 0. The second kappa shape index (κ2) is 5.30. The van der Waals surface area contributed by atoms with Crippen LogP contribution >= 0.6 is 0 Å². The predicted octanol–water partition coefficient (Wildman–Crippen LogP) is 3.16. The van der Waals surface area contributed by atoms with Gasteiger partial charge in [0.25, 0.3) is 11.6 Å². The van der Waals surface area contributed by atoms with E-state index >= 15 is 0 Å². The van der Waals surface area contributed by atoms with Gasteiger partial charge in [0.1, 0.15) is 5.69 Å². The molecule has 0 aromatic heterocycles. The molecular weight excluding hydrogens is 244 g/mol. The highest BCUT2D eigenvalue weighted by molar-refractivity contribution is 6.05. The average molecular weight is 256 g/mol. The third-order valence-corrected chi connectivity index (χ3v) is 2.72. The maximum atomic E-state index is 12.0. The standard InChI is InChI=1S/C14H12N2O3/c1-10-6-5-9-12(16(18)19)13(10)15-14(17)11-7-3-2-4-8-11/h2-9H,1H3,(H,15,17). The number of hydrogen-bond acceptors (Lipinski definition) is 3. The summed E-state index contributed by atoms with van der Waals surface area (Å²) in [6, 6.07) is 13.3. The lowest BCUT2D eigenvalue weighted by molar-refractivity contribution is -0.383. The molecule has 5 heteroatoms. The van der Waals surface area contributed by atoms with Gasteiger partial charge in [-0.25, -0.2) is 0 Å². The fourth-order valence-electron chi connectivity index (χ4n) is 1.74. The minimum absolute atomic E-state index is 0.107. The number of para-hydroxylation sites is 1. The SMILES string of the molecule is Cc1cccc([N+](=O)[O-])c1NC(=O)c1ccccc1. The zero-order valence-corrected chi connectivity index (χ0v) is 10.3. The van der Waals surface area contributed by atoms with Crippen LogP contribution in [-0.2, 0) is 0 Å². The third kappa shape index (κ3) is 2.77. The van der Waals surface area contributed by atoms with Gasteiger partial charge < -0.3 is 5.32 Å². The largest absolute Gasteiger partial charge is 0.316 e. The van der Waals surface area contributed by atoms with E-state index in [0.29, 0.717) is 11.1 Å². The Labute approximate surface area is 110 Å². The Morgan fingerprint density at radius 2 is 1.79 bits per heavy atom. The molecule has 0 aliphatic rings. The molecule has 1 amide bonds. The van der Waals surface area contributed by atoms with Crippen molar-refractivity contribution in [2.24, 2.45) is 0 Å². The minimum Gasteiger partial charge on any atom is -0.316 e. The van der Waals surface area contributed by atoms with E-state index in [1.165, 1.54) is 6.07 Å². The van der Waals surface area contributed by atoms with Gasteiger partial charge in [-0.2, -0.15) is 0 Å². The van der Waals surface area contributed by atoms with Crippen molar-refractivity contribution >= 4 is 17.3 Å². The number of nitrogens with one attached hydrogen (secondary N) is 1. The first-order chi connectivity index (χ1) is 9.09. The quantitative estimate of drug-likeness (QED) is 0.677. The van der Waals surface area contributed by atoms with Crippen LogP contribution < -0.4 is 5.32 Å². The van der Waals surface area contributed by atoms with E-state index < -0.39 is 4.92 Å². The molecule has 19 heavy (non-hydrogen) atoms. The topological polar surface area (TPSA) is 72.2 Å². The van der Waals surface area contributed by atoms with Crippen molar-refractivity contribution in [1.82, 2.24) is 0 Å². The van der Waals surface area contributed by atoms with Gasteiger partial charge in [0.05, 0.1) is 4.92 Å². The predicted molar refractivity (Wildman–Crippen MR) is 72.2 cm³/mol. The summed E-state index contributed by atoms with van der Waals surface area (Å²) in [7, 11) is 0. The molecule has 0 aliphatic carbocycles. The fourth-order valence-corrected chi connectivity index (χ4v) is 1.74. The molecule has 0 saturated heterocycles. The van der Waals surface area contributed by atoms with Crippen molar-refractivity contribution in [2.45, 2.75) is 6.92 Å². The van der Waals surface area contributed by atoms with Crippen molar-refractivity contribution in [3.05, 3.63) is 69.8 Å². The van der Waals surface area contributed by atoms with Crippen LogP contribution in [0.1, 0.15) is 15.9 Å². The lowest BCUT2D eigenvalue weighted by atomic mass is 10.1. The molecule has 0 bridgehead atoms. The number of rotatable bonds is 3. The maximum Gasteiger partial charge on any atom is 0.293 e. The molecule has 0 saturated carbocycles. The van der Waals surface area contributed by atoms with Crippen LogP contribution in [0.4, 0.5) is 11.4 Å². The number of carbonyl (C=O) groups excluding carboxylic acids is 1. The maximum absolute atomic E-state index is 12.0. The molecule has 2 rings (SSSR count). The summed E-state index contributed by atoms with van der Waals surface area (Å²) in [5.74, 6) is -0.363. The smallest absolute Gasteiger partial charge is 0.293 e. The van der Waals surface area contributed by atoms with Crippen molar-refractivity contribution in [2.75, 3.05) is 5.32 Å². The fraction of sp³-hybridized carbons (Fsp3) is 0.0714. The van der Waals surface area contributed by atoms with Gasteiger partial charge in [-0.1, -0.05) is 30.3 Å². The number of anilines is 1. The summed E-state index contributed by atoms with van der Waals surface area (Å²) in [5.41, 5.74) is 1.24. The van der Waals surface area contributed by atoms with Crippen molar-refractivity contribution < 1.29 is 9.72 Å². The number of hydrogen-bond donors (Lipinski definition) is 1. The molecule has 1 N–H and O–H groups in total. The van der Waals surface area contributed by atoms with Gasteiger partial charge in [0, 0.05) is 11.6 Å². The second-order valence-electron chi connectivity index (χ2n) is 4.05. The Hall–Kier alpha value is -2.69. The summed E-state index contributed by atoms with van der Waals surface area (Å²) in [4.78, 5) is 22.4. The molecule has 96 valence electrons. The first-order valence-corrected chi connectivity index (χ1v) is 5.70. The summed E-state index contributed by atoms with van der Waals surface area (Å²) < 4.78 is 0. The molecule has 2 aromatic rings. The normalized spacial score (nSPS) is 9.95. The summed E-state index contributed by atoms with van der Waals surface area (Å²) in [6.07, 6.45) is 0. The van der Waals surface area contributed by atoms with Crippen molar-refractivity contribution in [3.63, 3.8) is 0 Å². The van der Waals surface area contributed by atoms with Crippen LogP contribution in [0.2, 0.25) is 0 Å². The molecule has 0 spiro atoms. The number of nitro benzene ring substituents is 1. The molecule has 0 unspecified atom stereocenters. The van der Waals surface area contributed by atoms with Crippen LogP contribution in [0.15, 0.2) is 48.5 Å². The minimum atomic E-state index is -0.506. The van der Waals surface area contributed by atoms with Crippen LogP contribution in [0.25, 0.3) is 0 Å². The van der Waals surface area contributed by atoms with E-state index in [1.54, 1.807) is 49.4 Å². The lowest BCUT2D eigenvalue weighted by Gasteiger charge is -2.08. The lowest BCUT2D eigenvalue weighted by Crippen LogP contribution is -2.13. The number of aryl methyl sites for hydroxylation is 1.